The van der Waals surface area contributed by atoms with Crippen LogP contribution in [-0.2, 0) is 32.2 Å². The number of ether oxygens (including phenoxy) is 6. The molecule has 0 aliphatic carbocycles. The Bertz CT molecular complexity index is 1770. The predicted octanol–water partition coefficient (Wildman–Crippen LogP) is 8.21. The number of esters is 2. The van der Waals surface area contributed by atoms with Gasteiger partial charge in [0.2, 0.25) is 6.29 Å². The molecule has 0 radical (unpaired) electrons. The molecule has 50 heavy (non-hydrogen) atoms. The lowest BCUT2D eigenvalue weighted by atomic mass is 9.95. The molecule has 1 unspecified atom stereocenters. The maximum atomic E-state index is 13.6. The summed E-state index contributed by atoms with van der Waals surface area (Å²) in [6, 6.07) is 43.9. The Balaban J connectivity index is 1.29. The van der Waals surface area contributed by atoms with Gasteiger partial charge in [0.05, 0.1) is 30.4 Å². The van der Waals surface area contributed by atoms with Crippen molar-refractivity contribution in [1.82, 2.24) is 0 Å². The van der Waals surface area contributed by atoms with E-state index < -0.39 is 42.6 Å². The summed E-state index contributed by atoms with van der Waals surface area (Å²) < 4.78 is 38.1. The van der Waals surface area contributed by atoms with E-state index in [0.29, 0.717) is 35.7 Å². The minimum absolute atomic E-state index is 0.253. The van der Waals surface area contributed by atoms with Crippen molar-refractivity contribution >= 4 is 11.9 Å². The fourth-order valence-electron chi connectivity index (χ4n) is 5.77. The van der Waals surface area contributed by atoms with Crippen LogP contribution in [0.5, 0.6) is 11.5 Å². The second-order valence-electron chi connectivity index (χ2n) is 11.9. The van der Waals surface area contributed by atoms with Gasteiger partial charge in [0.15, 0.2) is 6.10 Å². The first-order valence-electron chi connectivity index (χ1n) is 16.8. The van der Waals surface area contributed by atoms with Crippen LogP contribution < -0.4 is 9.47 Å². The first-order valence-corrected chi connectivity index (χ1v) is 16.8. The van der Waals surface area contributed by atoms with Crippen molar-refractivity contribution in [3.05, 3.63) is 168 Å². The molecular weight excluding hydrogens is 632 g/mol. The van der Waals surface area contributed by atoms with E-state index in [9.17, 15) is 9.59 Å². The number of carbonyl (C=O) groups excluding carboxylic acids is 2. The first-order chi connectivity index (χ1) is 24.6. The molecule has 0 saturated carbocycles. The molecule has 1 fully saturated rings. The molecule has 256 valence electrons. The highest BCUT2D eigenvalue weighted by Gasteiger charge is 2.50. The molecule has 0 N–H and O–H groups in total. The van der Waals surface area contributed by atoms with E-state index in [1.165, 1.54) is 0 Å². The van der Waals surface area contributed by atoms with Crippen LogP contribution in [0.15, 0.2) is 146 Å². The summed E-state index contributed by atoms with van der Waals surface area (Å²) in [5, 5.41) is 0. The highest BCUT2D eigenvalue weighted by atomic mass is 16.7. The molecule has 1 heterocycles. The van der Waals surface area contributed by atoms with Crippen LogP contribution in [0.1, 0.15) is 51.6 Å². The summed E-state index contributed by atoms with van der Waals surface area (Å²) in [6.45, 7) is 2.64. The normalized spacial score (nSPS) is 20.1. The molecule has 5 atom stereocenters. The standard InChI is InChI=1S/C42H40O8/c1-2-15-36-37(45-28-30-16-7-3-8-17-30)38(46-29-31-18-9-4-10-19-31)39(50-41(44)33-22-13-6-14-23-33)42(49-36)48-35-26-24-34(25-27-35)47-40(43)32-20-11-5-12-21-32/h3-14,16-27,36-39,42H,2,15,28-29H2,1H3/t36-,37-,38+,39-,42?/m1/s1. The molecule has 8 nitrogen and oxygen atoms in total. The third-order valence-electron chi connectivity index (χ3n) is 8.28. The van der Waals surface area contributed by atoms with E-state index >= 15 is 0 Å². The number of carbonyl (C=O) groups is 2. The molecule has 8 heteroatoms. The van der Waals surface area contributed by atoms with Gasteiger partial charge < -0.3 is 28.4 Å². The Morgan fingerprint density at radius 3 is 1.58 bits per heavy atom. The second kappa shape index (κ2) is 17.4. The quantitative estimate of drug-likeness (QED) is 0.0862. The number of benzene rings is 5. The highest BCUT2D eigenvalue weighted by Crippen LogP contribution is 2.34. The average Bonchev–Trinajstić information content (AvgIpc) is 3.17. The molecule has 0 spiro atoms. The summed E-state index contributed by atoms with van der Waals surface area (Å²) >= 11 is 0. The predicted molar refractivity (Wildman–Crippen MR) is 188 cm³/mol. The topological polar surface area (TPSA) is 89.5 Å². The lowest BCUT2D eigenvalue weighted by Gasteiger charge is -2.45. The van der Waals surface area contributed by atoms with Crippen molar-refractivity contribution in [1.29, 1.82) is 0 Å². The number of rotatable bonds is 14. The van der Waals surface area contributed by atoms with Crippen LogP contribution in [0.3, 0.4) is 0 Å². The molecule has 5 aromatic carbocycles. The Morgan fingerprint density at radius 2 is 1.04 bits per heavy atom. The average molecular weight is 673 g/mol. The zero-order valence-corrected chi connectivity index (χ0v) is 27.8. The van der Waals surface area contributed by atoms with Crippen molar-refractivity contribution in [3.8, 4) is 11.5 Å². The first kappa shape index (κ1) is 34.6. The van der Waals surface area contributed by atoms with Crippen LogP contribution in [0.2, 0.25) is 0 Å². The third-order valence-corrected chi connectivity index (χ3v) is 8.28. The van der Waals surface area contributed by atoms with Gasteiger partial charge in [-0.3, -0.25) is 0 Å². The van der Waals surface area contributed by atoms with E-state index in [1.807, 2.05) is 72.8 Å². The Morgan fingerprint density at radius 1 is 0.560 bits per heavy atom. The summed E-state index contributed by atoms with van der Waals surface area (Å²) in [7, 11) is 0. The molecule has 0 aromatic heterocycles. The van der Waals surface area contributed by atoms with Crippen LogP contribution in [0.25, 0.3) is 0 Å². The molecule has 1 saturated heterocycles. The third kappa shape index (κ3) is 9.24. The van der Waals surface area contributed by atoms with Gasteiger partial charge in [0.1, 0.15) is 23.7 Å². The maximum Gasteiger partial charge on any atom is 0.343 e. The van der Waals surface area contributed by atoms with Gasteiger partial charge >= 0.3 is 11.9 Å². The van der Waals surface area contributed by atoms with E-state index in [-0.39, 0.29) is 6.61 Å². The fourth-order valence-corrected chi connectivity index (χ4v) is 5.77. The van der Waals surface area contributed by atoms with E-state index in [4.69, 9.17) is 28.4 Å². The number of hydrogen-bond acceptors (Lipinski definition) is 8. The maximum absolute atomic E-state index is 13.6. The van der Waals surface area contributed by atoms with Gasteiger partial charge in [-0.05, 0) is 66.1 Å². The minimum atomic E-state index is -1.05. The molecule has 1 aliphatic rings. The summed E-state index contributed by atoms with van der Waals surface area (Å²) in [4.78, 5) is 26.2. The molecular formula is C42H40O8. The van der Waals surface area contributed by atoms with Gasteiger partial charge in [-0.25, -0.2) is 9.59 Å². The van der Waals surface area contributed by atoms with Crippen molar-refractivity contribution in [2.45, 2.75) is 63.7 Å². The van der Waals surface area contributed by atoms with E-state index in [0.717, 1.165) is 17.5 Å². The lowest BCUT2D eigenvalue weighted by Crippen LogP contribution is -2.62. The van der Waals surface area contributed by atoms with Gasteiger partial charge in [-0.2, -0.15) is 0 Å². The molecule has 1 aliphatic heterocycles. The molecule has 0 bridgehead atoms. The van der Waals surface area contributed by atoms with E-state index in [2.05, 4.69) is 6.92 Å². The van der Waals surface area contributed by atoms with Gasteiger partial charge in [0.25, 0.3) is 0 Å². The van der Waals surface area contributed by atoms with E-state index in [1.54, 1.807) is 72.8 Å². The Kier molecular flexibility index (Phi) is 12.0. The molecule has 5 aromatic rings. The zero-order chi connectivity index (χ0) is 34.5. The summed E-state index contributed by atoms with van der Waals surface area (Å²) in [6.07, 6.45) is -2.39. The summed E-state index contributed by atoms with van der Waals surface area (Å²) in [5.41, 5.74) is 2.78. The van der Waals surface area contributed by atoms with Gasteiger partial charge in [0, 0.05) is 0 Å². The summed E-state index contributed by atoms with van der Waals surface area (Å²) in [5.74, 6) is -0.230. The van der Waals surface area contributed by atoms with Crippen molar-refractivity contribution in [2.24, 2.45) is 0 Å². The SMILES string of the molecule is CCC[C@H]1OC(Oc2ccc(OC(=O)c3ccccc3)cc2)[C@H](OC(=O)c2ccccc2)[C@@H](OCc2ccccc2)[C@@H]1OCc1ccccc1. The van der Waals surface area contributed by atoms with Crippen LogP contribution in [-0.4, -0.2) is 42.6 Å². The van der Waals surface area contributed by atoms with Crippen LogP contribution >= 0.6 is 0 Å². The fraction of sp³-hybridized carbons (Fsp3) is 0.238. The largest absolute Gasteiger partial charge is 0.461 e. The lowest BCUT2D eigenvalue weighted by molar-refractivity contribution is -0.292. The van der Waals surface area contributed by atoms with Gasteiger partial charge in [-0.1, -0.05) is 110 Å². The van der Waals surface area contributed by atoms with Crippen molar-refractivity contribution in [2.75, 3.05) is 0 Å². The Labute approximate surface area is 292 Å². The molecule has 0 amide bonds. The highest BCUT2D eigenvalue weighted by molar-refractivity contribution is 5.91. The number of hydrogen-bond donors (Lipinski definition) is 0. The smallest absolute Gasteiger partial charge is 0.343 e. The molecule has 6 rings (SSSR count). The van der Waals surface area contributed by atoms with Crippen molar-refractivity contribution < 1.29 is 38.0 Å². The van der Waals surface area contributed by atoms with Crippen LogP contribution in [0.4, 0.5) is 0 Å². The van der Waals surface area contributed by atoms with Gasteiger partial charge in [-0.15, -0.1) is 0 Å². The monoisotopic (exact) mass is 672 g/mol. The minimum Gasteiger partial charge on any atom is -0.461 e. The second-order valence-corrected chi connectivity index (χ2v) is 11.9. The Hall–Kier alpha value is -5.28. The van der Waals surface area contributed by atoms with Crippen LogP contribution in [0, 0.1) is 0 Å². The zero-order valence-electron chi connectivity index (χ0n) is 27.8. The van der Waals surface area contributed by atoms with Crippen molar-refractivity contribution in [3.63, 3.8) is 0 Å².